The molecule has 0 radical (unpaired) electrons. The second kappa shape index (κ2) is 12.8. The quantitative estimate of drug-likeness (QED) is 0.123. The van der Waals surface area contributed by atoms with Crippen molar-refractivity contribution in [3.63, 3.8) is 0 Å². The maximum Gasteiger partial charge on any atom is 0.193 e. The summed E-state index contributed by atoms with van der Waals surface area (Å²) in [6.07, 6.45) is 0. The van der Waals surface area contributed by atoms with E-state index in [1.807, 2.05) is 72.8 Å². The lowest BCUT2D eigenvalue weighted by Crippen LogP contribution is -2.01. The zero-order valence-electron chi connectivity index (χ0n) is 23.6. The molecule has 0 atom stereocenters. The summed E-state index contributed by atoms with van der Waals surface area (Å²) >= 11 is 0. The maximum absolute atomic E-state index is 13.1. The van der Waals surface area contributed by atoms with Gasteiger partial charge in [-0.2, -0.15) is 0 Å². The van der Waals surface area contributed by atoms with E-state index >= 15 is 0 Å². The van der Waals surface area contributed by atoms with Crippen molar-refractivity contribution < 1.29 is 23.7 Å². The van der Waals surface area contributed by atoms with Crippen LogP contribution in [0.4, 0.5) is 11.4 Å². The summed E-state index contributed by atoms with van der Waals surface area (Å²) in [4.78, 5) is 13.1. The van der Waals surface area contributed by atoms with Crippen LogP contribution in [0.25, 0.3) is 0 Å². The van der Waals surface area contributed by atoms with Gasteiger partial charge in [0, 0.05) is 22.5 Å². The van der Waals surface area contributed by atoms with Crippen molar-refractivity contribution in [3.05, 3.63) is 157 Å². The molecule has 0 saturated heterocycles. The van der Waals surface area contributed by atoms with Crippen LogP contribution in [0.15, 0.2) is 146 Å². The highest BCUT2D eigenvalue weighted by Crippen LogP contribution is 2.29. The number of ether oxygens (including phenoxy) is 4. The molecule has 4 N–H and O–H groups in total. The van der Waals surface area contributed by atoms with Gasteiger partial charge in [0.25, 0.3) is 0 Å². The van der Waals surface area contributed by atoms with Crippen LogP contribution in [-0.4, -0.2) is 5.78 Å². The monoisotopic (exact) mass is 580 g/mol. The molecule has 7 heteroatoms. The molecule has 0 unspecified atom stereocenters. The zero-order valence-corrected chi connectivity index (χ0v) is 23.6. The van der Waals surface area contributed by atoms with Crippen molar-refractivity contribution >= 4 is 17.2 Å². The highest BCUT2D eigenvalue weighted by Gasteiger charge is 2.10. The number of ketones is 1. The third-order valence-electron chi connectivity index (χ3n) is 6.58. The van der Waals surface area contributed by atoms with Gasteiger partial charge in [0.1, 0.15) is 46.0 Å². The number of carbonyl (C=O) groups excluding carboxylic acids is 1. The van der Waals surface area contributed by atoms with E-state index in [0.29, 0.717) is 68.5 Å². The van der Waals surface area contributed by atoms with Crippen LogP contribution >= 0.6 is 0 Å². The van der Waals surface area contributed by atoms with Gasteiger partial charge in [-0.25, -0.2) is 0 Å². The van der Waals surface area contributed by atoms with E-state index < -0.39 is 0 Å². The standard InChI is InChI=1S/C37H28N2O5/c38-27-5-13-31(14-6-27)43-35-21-17-33(18-22-35)41-29-9-1-25(2-10-29)37(40)26-3-11-30(12-4-26)42-34-19-23-36(24-20-34)44-32-15-7-28(39)8-16-32/h1-24H,38-39H2. The minimum absolute atomic E-state index is 0.101. The fourth-order valence-electron chi connectivity index (χ4n) is 4.28. The first-order valence-corrected chi connectivity index (χ1v) is 13.8. The predicted octanol–water partition coefficient (Wildman–Crippen LogP) is 9.25. The second-order valence-electron chi connectivity index (χ2n) is 9.87. The van der Waals surface area contributed by atoms with E-state index in [4.69, 9.17) is 30.4 Å². The van der Waals surface area contributed by atoms with Gasteiger partial charge in [0.2, 0.25) is 0 Å². The highest BCUT2D eigenvalue weighted by molar-refractivity contribution is 6.09. The molecular formula is C37H28N2O5. The molecular weight excluding hydrogens is 552 g/mol. The van der Waals surface area contributed by atoms with Crippen molar-refractivity contribution in [3.8, 4) is 46.0 Å². The Labute approximate surface area is 254 Å². The van der Waals surface area contributed by atoms with Gasteiger partial charge in [-0.15, -0.1) is 0 Å². The summed E-state index contributed by atoms with van der Waals surface area (Å²) in [5.41, 5.74) is 13.9. The summed E-state index contributed by atoms with van der Waals surface area (Å²) in [6.45, 7) is 0. The SMILES string of the molecule is Nc1ccc(Oc2ccc(Oc3ccc(C(=O)c4ccc(Oc5ccc(Oc6ccc(N)cc6)cc5)cc4)cc3)cc2)cc1. The Morgan fingerprint density at radius 3 is 0.727 bits per heavy atom. The molecule has 216 valence electrons. The third kappa shape index (κ3) is 7.16. The smallest absolute Gasteiger partial charge is 0.193 e. The maximum atomic E-state index is 13.1. The average molecular weight is 581 g/mol. The van der Waals surface area contributed by atoms with Gasteiger partial charge in [0.05, 0.1) is 0 Å². The average Bonchev–Trinajstić information content (AvgIpc) is 3.05. The minimum Gasteiger partial charge on any atom is -0.457 e. The fourth-order valence-corrected chi connectivity index (χ4v) is 4.28. The summed E-state index contributed by atoms with van der Waals surface area (Å²) in [7, 11) is 0. The van der Waals surface area contributed by atoms with Crippen LogP contribution < -0.4 is 30.4 Å². The van der Waals surface area contributed by atoms with Crippen molar-refractivity contribution in [2.24, 2.45) is 0 Å². The van der Waals surface area contributed by atoms with Crippen LogP contribution in [-0.2, 0) is 0 Å². The predicted molar refractivity (Wildman–Crippen MR) is 171 cm³/mol. The van der Waals surface area contributed by atoms with Crippen molar-refractivity contribution in [2.45, 2.75) is 0 Å². The van der Waals surface area contributed by atoms with Crippen LogP contribution in [0, 0.1) is 0 Å². The molecule has 6 rings (SSSR count). The Morgan fingerprint density at radius 1 is 0.318 bits per heavy atom. The van der Waals surface area contributed by atoms with Crippen molar-refractivity contribution in [1.29, 1.82) is 0 Å². The molecule has 7 nitrogen and oxygen atoms in total. The van der Waals surface area contributed by atoms with E-state index in [-0.39, 0.29) is 5.78 Å². The Kier molecular flexibility index (Phi) is 8.10. The molecule has 0 aliphatic heterocycles. The van der Waals surface area contributed by atoms with E-state index in [1.165, 1.54) is 0 Å². The first-order valence-electron chi connectivity index (χ1n) is 13.8. The normalized spacial score (nSPS) is 10.5. The van der Waals surface area contributed by atoms with E-state index in [1.54, 1.807) is 72.8 Å². The van der Waals surface area contributed by atoms with E-state index in [0.717, 1.165) is 0 Å². The van der Waals surface area contributed by atoms with Crippen LogP contribution in [0.1, 0.15) is 15.9 Å². The molecule has 6 aromatic carbocycles. The molecule has 6 aromatic rings. The molecule has 0 spiro atoms. The summed E-state index contributed by atoms with van der Waals surface area (Å²) in [6, 6.07) is 43.0. The van der Waals surface area contributed by atoms with Crippen LogP contribution in [0.3, 0.4) is 0 Å². The topological polar surface area (TPSA) is 106 Å². The zero-order chi connectivity index (χ0) is 30.3. The third-order valence-corrected chi connectivity index (χ3v) is 6.58. The molecule has 0 bridgehead atoms. The number of anilines is 2. The number of nitrogens with two attached hydrogens (primary N) is 2. The lowest BCUT2D eigenvalue weighted by molar-refractivity contribution is 0.103. The van der Waals surface area contributed by atoms with Crippen molar-refractivity contribution in [2.75, 3.05) is 11.5 Å². The van der Waals surface area contributed by atoms with Gasteiger partial charge >= 0.3 is 0 Å². The molecule has 44 heavy (non-hydrogen) atoms. The Morgan fingerprint density at radius 2 is 0.500 bits per heavy atom. The Bertz CT molecular complexity index is 1700. The Hall–Kier alpha value is -6.21. The summed E-state index contributed by atoms with van der Waals surface area (Å²) in [5.74, 6) is 5.17. The van der Waals surface area contributed by atoms with Crippen LogP contribution in [0.2, 0.25) is 0 Å². The largest absolute Gasteiger partial charge is 0.457 e. The lowest BCUT2D eigenvalue weighted by atomic mass is 10.0. The molecule has 0 fully saturated rings. The number of carbonyl (C=O) groups is 1. The lowest BCUT2D eigenvalue weighted by Gasteiger charge is -2.10. The van der Waals surface area contributed by atoms with Gasteiger partial charge in [-0.3, -0.25) is 4.79 Å². The number of benzene rings is 6. The molecule has 0 aliphatic carbocycles. The fraction of sp³-hybridized carbons (Fsp3) is 0. The van der Waals surface area contributed by atoms with Gasteiger partial charge in [-0.05, 0) is 146 Å². The summed E-state index contributed by atoms with van der Waals surface area (Å²) < 4.78 is 23.5. The van der Waals surface area contributed by atoms with Crippen molar-refractivity contribution in [1.82, 2.24) is 0 Å². The molecule has 0 heterocycles. The van der Waals surface area contributed by atoms with Gasteiger partial charge < -0.3 is 30.4 Å². The van der Waals surface area contributed by atoms with Gasteiger partial charge in [0.15, 0.2) is 5.78 Å². The number of hydrogen-bond acceptors (Lipinski definition) is 7. The molecule has 0 amide bonds. The number of hydrogen-bond donors (Lipinski definition) is 2. The van der Waals surface area contributed by atoms with Crippen LogP contribution in [0.5, 0.6) is 46.0 Å². The number of nitrogen functional groups attached to an aromatic ring is 2. The first kappa shape index (κ1) is 27.9. The Balaban J connectivity index is 1.02. The molecule has 0 aromatic heterocycles. The van der Waals surface area contributed by atoms with Gasteiger partial charge in [-0.1, -0.05) is 0 Å². The van der Waals surface area contributed by atoms with E-state index in [2.05, 4.69) is 0 Å². The highest BCUT2D eigenvalue weighted by atomic mass is 16.5. The number of rotatable bonds is 10. The van der Waals surface area contributed by atoms with E-state index in [9.17, 15) is 4.79 Å². The minimum atomic E-state index is -0.101. The first-order chi connectivity index (χ1) is 21.5. The molecule has 0 saturated carbocycles. The molecule has 0 aliphatic rings. The second-order valence-corrected chi connectivity index (χ2v) is 9.87. The summed E-state index contributed by atoms with van der Waals surface area (Å²) in [5, 5.41) is 0.